The van der Waals surface area contributed by atoms with E-state index < -0.39 is 30.6 Å². The van der Waals surface area contributed by atoms with Crippen molar-refractivity contribution in [2.45, 2.75) is 70.6 Å². The van der Waals surface area contributed by atoms with Gasteiger partial charge in [0.1, 0.15) is 0 Å². The number of hydrogen-bond donors (Lipinski definition) is 1. The second-order valence-corrected chi connectivity index (χ2v) is 11.4. The fourth-order valence-electron chi connectivity index (χ4n) is 5.27. The van der Waals surface area contributed by atoms with E-state index in [2.05, 4.69) is 5.32 Å². The fourth-order valence-corrected chi connectivity index (χ4v) is 5.74. The maximum atomic E-state index is 13.5. The fraction of sp³-hybridized carbons (Fsp3) is 0.533. The van der Waals surface area contributed by atoms with Crippen molar-refractivity contribution in [1.82, 2.24) is 10.2 Å². The summed E-state index contributed by atoms with van der Waals surface area (Å²) in [4.78, 5) is 26.3. The van der Waals surface area contributed by atoms with E-state index in [1.807, 2.05) is 37.4 Å². The zero-order valence-corrected chi connectivity index (χ0v) is 24.5. The van der Waals surface area contributed by atoms with Crippen LogP contribution in [0, 0.1) is 12.8 Å². The number of thioether (sulfide) groups is 1. The Morgan fingerprint density at radius 3 is 2.42 bits per heavy atom. The van der Waals surface area contributed by atoms with Gasteiger partial charge in [-0.3, -0.25) is 9.69 Å². The molecule has 1 atom stereocenters. The second-order valence-electron chi connectivity index (χ2n) is 10.4. The van der Waals surface area contributed by atoms with Crippen LogP contribution in [0.15, 0.2) is 42.5 Å². The molecule has 0 radical (unpaired) electrons. The minimum absolute atomic E-state index is 0. The molecule has 0 aromatic heterocycles. The number of carbonyl (C=O) groups excluding carboxylic acids is 2. The van der Waals surface area contributed by atoms with Crippen LogP contribution in [0.2, 0.25) is 0 Å². The number of aliphatic carboxylic acids is 1. The zero-order chi connectivity index (χ0) is 28.4. The summed E-state index contributed by atoms with van der Waals surface area (Å²) in [6.45, 7) is 1.36. The molecule has 2 aromatic carbocycles. The third-order valence-electron chi connectivity index (χ3n) is 7.35. The molecular formula is C30H38F3LiN2O3S. The Hall–Kier alpha value is -1.92. The number of nitrogens with one attached hydrogen (secondary N) is 1. The Labute approximate surface area is 251 Å². The van der Waals surface area contributed by atoms with Crippen molar-refractivity contribution in [2.24, 2.45) is 5.92 Å². The van der Waals surface area contributed by atoms with Gasteiger partial charge in [0, 0.05) is 12.1 Å². The van der Waals surface area contributed by atoms with Crippen LogP contribution in [-0.2, 0) is 11.3 Å². The molecule has 1 aliphatic rings. The summed E-state index contributed by atoms with van der Waals surface area (Å²) in [5, 5.41) is 14.2. The number of benzene rings is 2. The first-order chi connectivity index (χ1) is 18.6. The third kappa shape index (κ3) is 10.8. The number of rotatable bonds is 13. The van der Waals surface area contributed by atoms with Crippen molar-refractivity contribution in [1.29, 1.82) is 0 Å². The summed E-state index contributed by atoms with van der Waals surface area (Å²) in [5.74, 6) is -0.907. The number of aryl methyl sites for hydroxylation is 1. The van der Waals surface area contributed by atoms with Gasteiger partial charge in [0.2, 0.25) is 0 Å². The largest absolute Gasteiger partial charge is 1.00 e. The summed E-state index contributed by atoms with van der Waals surface area (Å²) < 4.78 is 40.4. The van der Waals surface area contributed by atoms with Crippen LogP contribution in [0.3, 0.4) is 0 Å². The molecule has 5 nitrogen and oxygen atoms in total. The van der Waals surface area contributed by atoms with Gasteiger partial charge in [-0.15, -0.1) is 0 Å². The Bertz CT molecular complexity index is 1110. The van der Waals surface area contributed by atoms with E-state index in [0.29, 0.717) is 29.3 Å². The first-order valence-electron chi connectivity index (χ1n) is 13.6. The van der Waals surface area contributed by atoms with E-state index >= 15 is 0 Å². The summed E-state index contributed by atoms with van der Waals surface area (Å²) in [5.41, 5.74) is 3.16. The summed E-state index contributed by atoms with van der Waals surface area (Å²) >= 11 is 1.47. The molecule has 40 heavy (non-hydrogen) atoms. The van der Waals surface area contributed by atoms with Crippen molar-refractivity contribution < 1.29 is 46.7 Å². The van der Waals surface area contributed by atoms with Gasteiger partial charge in [-0.1, -0.05) is 62.4 Å². The Morgan fingerprint density at radius 2 is 1.80 bits per heavy atom. The number of nitrogens with zero attached hydrogens (tertiary/aromatic N) is 1. The summed E-state index contributed by atoms with van der Waals surface area (Å²) in [6, 6.07) is 11.3. The van der Waals surface area contributed by atoms with E-state index in [-0.39, 0.29) is 37.4 Å². The van der Waals surface area contributed by atoms with Gasteiger partial charge in [0.25, 0.3) is 5.91 Å². The SMILES string of the molecule is CSCC[C@H](NC(=O)c1ccc(CN(CCC2CCCCC2)CC(F)(F)F)cc1-c1ccccc1C)C(=O)[O-].[Li+]. The molecule has 0 saturated heterocycles. The van der Waals surface area contributed by atoms with Gasteiger partial charge in [0.05, 0.1) is 18.6 Å². The van der Waals surface area contributed by atoms with Crippen molar-refractivity contribution >= 4 is 23.6 Å². The average Bonchev–Trinajstić information content (AvgIpc) is 2.89. The minimum Gasteiger partial charge on any atom is -0.548 e. The number of carboxylic acid groups (broad SMARTS) is 1. The van der Waals surface area contributed by atoms with E-state index in [1.54, 1.807) is 18.2 Å². The summed E-state index contributed by atoms with van der Waals surface area (Å²) in [7, 11) is 0. The van der Waals surface area contributed by atoms with Crippen LogP contribution in [0.4, 0.5) is 13.2 Å². The van der Waals surface area contributed by atoms with Crippen LogP contribution in [0.25, 0.3) is 11.1 Å². The molecule has 214 valence electrons. The van der Waals surface area contributed by atoms with Gasteiger partial charge in [0.15, 0.2) is 0 Å². The molecule has 0 bridgehead atoms. The van der Waals surface area contributed by atoms with Crippen molar-refractivity contribution in [3.63, 3.8) is 0 Å². The Kier molecular flexibility index (Phi) is 14.1. The maximum absolute atomic E-state index is 13.5. The first-order valence-corrected chi connectivity index (χ1v) is 15.0. The molecule has 2 aromatic rings. The first kappa shape index (κ1) is 34.3. The summed E-state index contributed by atoms with van der Waals surface area (Å²) in [6.07, 6.45) is 4.12. The van der Waals surface area contributed by atoms with Gasteiger partial charge in [-0.05, 0) is 78.6 Å². The molecule has 0 aliphatic heterocycles. The van der Waals surface area contributed by atoms with Crippen LogP contribution in [-0.4, -0.2) is 54.1 Å². The van der Waals surface area contributed by atoms with Gasteiger partial charge in [-0.2, -0.15) is 24.9 Å². The molecule has 3 rings (SSSR count). The second kappa shape index (κ2) is 16.5. The van der Waals surface area contributed by atoms with E-state index in [4.69, 9.17) is 0 Å². The van der Waals surface area contributed by atoms with Gasteiger partial charge >= 0.3 is 25.0 Å². The van der Waals surface area contributed by atoms with E-state index in [9.17, 15) is 27.9 Å². The van der Waals surface area contributed by atoms with Crippen LogP contribution < -0.4 is 29.3 Å². The van der Waals surface area contributed by atoms with Crippen molar-refractivity contribution in [3.05, 3.63) is 59.2 Å². The van der Waals surface area contributed by atoms with Gasteiger partial charge < -0.3 is 15.2 Å². The Morgan fingerprint density at radius 1 is 1.10 bits per heavy atom. The number of carbonyl (C=O) groups is 2. The zero-order valence-electron chi connectivity index (χ0n) is 23.7. The molecule has 1 aliphatic carbocycles. The molecule has 0 heterocycles. The number of amides is 1. The molecule has 0 spiro atoms. The van der Waals surface area contributed by atoms with Gasteiger partial charge in [-0.25, -0.2) is 0 Å². The van der Waals surface area contributed by atoms with Crippen molar-refractivity contribution in [2.75, 3.05) is 25.1 Å². The third-order valence-corrected chi connectivity index (χ3v) is 8.00. The smallest absolute Gasteiger partial charge is 0.548 e. The van der Waals surface area contributed by atoms with E-state index in [0.717, 1.165) is 43.2 Å². The normalized spacial score (nSPS) is 14.9. The number of alkyl halides is 3. The predicted molar refractivity (Wildman–Crippen MR) is 148 cm³/mol. The van der Waals surface area contributed by atoms with Crippen LogP contribution >= 0.6 is 11.8 Å². The molecule has 1 fully saturated rings. The number of hydrogen-bond acceptors (Lipinski definition) is 5. The maximum Gasteiger partial charge on any atom is 1.00 e. The molecule has 1 N–H and O–H groups in total. The van der Waals surface area contributed by atoms with Crippen molar-refractivity contribution in [3.8, 4) is 11.1 Å². The number of halogens is 3. The van der Waals surface area contributed by atoms with Crippen LogP contribution in [0.1, 0.15) is 66.4 Å². The van der Waals surface area contributed by atoms with Crippen LogP contribution in [0.5, 0.6) is 0 Å². The Balaban J connectivity index is 0.00000560. The number of carboxylic acids is 1. The average molecular weight is 571 g/mol. The standard InChI is InChI=1S/C30H39F3N2O3S.Li/c1-21-8-6-7-11-24(21)26-18-23(12-13-25(26)28(36)34-27(29(37)38)15-17-39-2)19-35(20-30(31,32)33)16-14-22-9-4-3-5-10-22;/h6-8,11-13,18,22,27H,3-5,9-10,14-17,19-20H2,1-2H3,(H,34,36)(H,37,38);/q;+1/p-1/t27-;/m0./s1. The molecular weight excluding hydrogens is 532 g/mol. The minimum atomic E-state index is -4.32. The molecule has 10 heteroatoms. The molecule has 1 saturated carbocycles. The topological polar surface area (TPSA) is 72.5 Å². The predicted octanol–water partition coefficient (Wildman–Crippen LogP) is 2.60. The molecule has 1 amide bonds. The molecule has 0 unspecified atom stereocenters. The van der Waals surface area contributed by atoms with E-state index in [1.165, 1.54) is 23.1 Å². The monoisotopic (exact) mass is 570 g/mol. The quantitative estimate of drug-likeness (QED) is 0.375.